The lowest BCUT2D eigenvalue weighted by Gasteiger charge is -2.27. The number of benzene rings is 2. The molecule has 0 radical (unpaired) electrons. The maximum atomic E-state index is 12.5. The van der Waals surface area contributed by atoms with E-state index in [9.17, 15) is 14.4 Å². The van der Waals surface area contributed by atoms with E-state index in [0.717, 1.165) is 16.9 Å². The van der Waals surface area contributed by atoms with E-state index >= 15 is 0 Å². The lowest BCUT2D eigenvalue weighted by molar-refractivity contribution is -0.125. The van der Waals surface area contributed by atoms with Crippen LogP contribution in [0.3, 0.4) is 0 Å². The van der Waals surface area contributed by atoms with Crippen LogP contribution in [-0.4, -0.2) is 61.8 Å². The van der Waals surface area contributed by atoms with Crippen molar-refractivity contribution in [3.63, 3.8) is 0 Å². The minimum Gasteiger partial charge on any atom is -0.442 e. The molecule has 0 bridgehead atoms. The molecule has 0 aliphatic carbocycles. The molecule has 2 aliphatic rings. The van der Waals surface area contributed by atoms with Gasteiger partial charge in [0.2, 0.25) is 0 Å². The normalized spacial score (nSPS) is 18.2. The molecule has 10 heteroatoms. The maximum absolute atomic E-state index is 12.5. The van der Waals surface area contributed by atoms with Crippen molar-refractivity contribution in [3.05, 3.63) is 65.0 Å². The van der Waals surface area contributed by atoms with Crippen molar-refractivity contribution < 1.29 is 23.9 Å². The second-order valence-corrected chi connectivity index (χ2v) is 8.70. The summed E-state index contributed by atoms with van der Waals surface area (Å²) in [5.41, 5.74) is 3.11. The van der Waals surface area contributed by atoms with Gasteiger partial charge in [-0.05, 0) is 24.3 Å². The SMILES string of the molecule is O=C(NC[C@H]1CN(c2ccc(N3CCOCC3=O)cc2)C(=O)O1)c1nc(-c2ccccc2)cs1. The van der Waals surface area contributed by atoms with Crippen LogP contribution in [0.25, 0.3) is 11.3 Å². The van der Waals surface area contributed by atoms with Crippen LogP contribution in [-0.2, 0) is 14.3 Å². The summed E-state index contributed by atoms with van der Waals surface area (Å²) >= 11 is 1.27. The predicted octanol–water partition coefficient (Wildman–Crippen LogP) is 2.93. The highest BCUT2D eigenvalue weighted by molar-refractivity contribution is 7.12. The summed E-state index contributed by atoms with van der Waals surface area (Å²) in [6, 6.07) is 16.8. The van der Waals surface area contributed by atoms with E-state index < -0.39 is 12.2 Å². The largest absolute Gasteiger partial charge is 0.442 e. The van der Waals surface area contributed by atoms with Gasteiger partial charge in [-0.25, -0.2) is 9.78 Å². The molecule has 1 N–H and O–H groups in total. The van der Waals surface area contributed by atoms with Crippen molar-refractivity contribution in [3.8, 4) is 11.3 Å². The molecular weight excluding hydrogens is 456 g/mol. The molecule has 1 atom stereocenters. The molecule has 2 aromatic carbocycles. The summed E-state index contributed by atoms with van der Waals surface area (Å²) in [5, 5.41) is 5.00. The fourth-order valence-electron chi connectivity index (χ4n) is 3.84. The van der Waals surface area contributed by atoms with E-state index in [1.54, 1.807) is 29.2 Å². The van der Waals surface area contributed by atoms with Gasteiger partial charge in [0.15, 0.2) is 5.01 Å². The van der Waals surface area contributed by atoms with Crippen molar-refractivity contribution >= 4 is 40.6 Å². The third-order valence-electron chi connectivity index (χ3n) is 5.59. The third kappa shape index (κ3) is 4.63. The van der Waals surface area contributed by atoms with E-state index in [1.165, 1.54) is 16.2 Å². The van der Waals surface area contributed by atoms with Crippen LogP contribution >= 0.6 is 11.3 Å². The van der Waals surface area contributed by atoms with Crippen molar-refractivity contribution in [1.29, 1.82) is 0 Å². The van der Waals surface area contributed by atoms with Crippen LogP contribution in [0.2, 0.25) is 0 Å². The van der Waals surface area contributed by atoms with E-state index in [2.05, 4.69) is 10.3 Å². The van der Waals surface area contributed by atoms with Crippen LogP contribution in [0.1, 0.15) is 9.80 Å². The zero-order valence-corrected chi connectivity index (χ0v) is 19.0. The number of ether oxygens (including phenoxy) is 2. The molecule has 0 unspecified atom stereocenters. The third-order valence-corrected chi connectivity index (χ3v) is 6.43. The first-order chi connectivity index (χ1) is 16.6. The fourth-order valence-corrected chi connectivity index (χ4v) is 4.59. The van der Waals surface area contributed by atoms with Gasteiger partial charge in [0.05, 0.1) is 25.4 Å². The van der Waals surface area contributed by atoms with Crippen LogP contribution in [0, 0.1) is 0 Å². The summed E-state index contributed by atoms with van der Waals surface area (Å²) in [7, 11) is 0. The number of hydrogen-bond acceptors (Lipinski definition) is 7. The molecular formula is C24H22N4O5S. The number of amides is 3. The van der Waals surface area contributed by atoms with Crippen LogP contribution < -0.4 is 15.1 Å². The zero-order valence-electron chi connectivity index (χ0n) is 18.2. The number of hydrogen-bond donors (Lipinski definition) is 1. The van der Waals surface area contributed by atoms with Gasteiger partial charge in [0.25, 0.3) is 11.8 Å². The first-order valence-electron chi connectivity index (χ1n) is 10.8. The molecule has 2 fully saturated rings. The number of aromatic nitrogens is 1. The van der Waals surface area contributed by atoms with E-state index in [1.807, 2.05) is 35.7 Å². The van der Waals surface area contributed by atoms with Gasteiger partial charge in [-0.3, -0.25) is 14.5 Å². The molecule has 2 saturated heterocycles. The van der Waals surface area contributed by atoms with Crippen molar-refractivity contribution in [2.24, 2.45) is 0 Å². The minimum atomic E-state index is -0.481. The predicted molar refractivity (Wildman–Crippen MR) is 127 cm³/mol. The number of carbonyl (C=O) groups is 3. The summed E-state index contributed by atoms with van der Waals surface area (Å²) in [4.78, 5) is 44.5. The number of rotatable bonds is 6. The lowest BCUT2D eigenvalue weighted by atomic mass is 10.2. The summed E-state index contributed by atoms with van der Waals surface area (Å²) in [5.74, 6) is -0.396. The number of nitrogens with zero attached hydrogens (tertiary/aromatic N) is 3. The Bertz CT molecular complexity index is 1200. The molecule has 0 spiro atoms. The quantitative estimate of drug-likeness (QED) is 0.585. The van der Waals surface area contributed by atoms with Crippen LogP contribution in [0.15, 0.2) is 60.0 Å². The Morgan fingerprint density at radius 3 is 2.53 bits per heavy atom. The fraction of sp³-hybridized carbons (Fsp3) is 0.250. The number of cyclic esters (lactones) is 1. The molecule has 3 heterocycles. The highest BCUT2D eigenvalue weighted by Crippen LogP contribution is 2.26. The van der Waals surface area contributed by atoms with E-state index in [4.69, 9.17) is 9.47 Å². The Hall–Kier alpha value is -3.76. The van der Waals surface area contributed by atoms with Gasteiger partial charge < -0.3 is 19.7 Å². The van der Waals surface area contributed by atoms with Crippen LogP contribution in [0.5, 0.6) is 0 Å². The second kappa shape index (κ2) is 9.62. The molecule has 5 rings (SSSR count). The Balaban J connectivity index is 1.17. The molecule has 3 aromatic rings. The number of thiazole rings is 1. The molecule has 34 heavy (non-hydrogen) atoms. The number of anilines is 2. The topological polar surface area (TPSA) is 101 Å². The van der Waals surface area contributed by atoms with E-state index in [-0.39, 0.29) is 25.0 Å². The average Bonchev–Trinajstić information content (AvgIpc) is 3.51. The first kappa shape index (κ1) is 22.1. The monoisotopic (exact) mass is 478 g/mol. The molecule has 0 saturated carbocycles. The van der Waals surface area contributed by atoms with Crippen molar-refractivity contribution in [2.75, 3.05) is 42.6 Å². The standard InChI is InChI=1S/C24H22N4O5S/c29-21-14-32-11-10-27(21)17-6-8-18(9-7-17)28-13-19(33-24(28)31)12-25-22(30)23-26-20(15-34-23)16-4-2-1-3-5-16/h1-9,15,19H,10-14H2,(H,25,30)/t19-/m0/s1. The van der Waals surface area contributed by atoms with Gasteiger partial charge in [0, 0.05) is 28.9 Å². The minimum absolute atomic E-state index is 0.0716. The molecule has 1 aromatic heterocycles. The average molecular weight is 479 g/mol. The maximum Gasteiger partial charge on any atom is 0.414 e. The molecule has 3 amide bonds. The smallest absolute Gasteiger partial charge is 0.414 e. The highest BCUT2D eigenvalue weighted by Gasteiger charge is 2.33. The van der Waals surface area contributed by atoms with E-state index in [0.29, 0.717) is 30.4 Å². The Kier molecular flexibility index (Phi) is 6.24. The van der Waals surface area contributed by atoms with Crippen molar-refractivity contribution in [2.45, 2.75) is 6.10 Å². The number of nitrogens with one attached hydrogen (secondary N) is 1. The molecule has 9 nitrogen and oxygen atoms in total. The summed E-state index contributed by atoms with van der Waals surface area (Å²) < 4.78 is 10.6. The summed E-state index contributed by atoms with van der Waals surface area (Å²) in [6.45, 7) is 1.55. The Labute approximate surface area is 199 Å². The van der Waals surface area contributed by atoms with Crippen molar-refractivity contribution in [1.82, 2.24) is 10.3 Å². The first-order valence-corrected chi connectivity index (χ1v) is 11.7. The van der Waals surface area contributed by atoms with Gasteiger partial charge in [-0.1, -0.05) is 30.3 Å². The highest BCUT2D eigenvalue weighted by atomic mass is 32.1. The molecule has 2 aliphatic heterocycles. The Morgan fingerprint density at radius 1 is 1.06 bits per heavy atom. The molecule has 174 valence electrons. The van der Waals surface area contributed by atoms with Crippen LogP contribution in [0.4, 0.5) is 16.2 Å². The lowest BCUT2D eigenvalue weighted by Crippen LogP contribution is -2.41. The number of carbonyl (C=O) groups excluding carboxylic acids is 3. The second-order valence-electron chi connectivity index (χ2n) is 7.84. The zero-order chi connectivity index (χ0) is 23.5. The Morgan fingerprint density at radius 2 is 1.79 bits per heavy atom. The van der Waals surface area contributed by atoms with Gasteiger partial charge >= 0.3 is 6.09 Å². The van der Waals surface area contributed by atoms with Gasteiger partial charge in [-0.15, -0.1) is 11.3 Å². The number of morpholine rings is 1. The van der Waals surface area contributed by atoms with Gasteiger partial charge in [0.1, 0.15) is 12.7 Å². The van der Waals surface area contributed by atoms with Gasteiger partial charge in [-0.2, -0.15) is 0 Å². The summed E-state index contributed by atoms with van der Waals surface area (Å²) in [6.07, 6.45) is -0.958.